The van der Waals surface area contributed by atoms with Crippen molar-refractivity contribution in [2.24, 2.45) is 23.2 Å². The van der Waals surface area contributed by atoms with E-state index in [1.54, 1.807) is 0 Å². The number of rotatable bonds is 1. The maximum absolute atomic E-state index is 12.3. The van der Waals surface area contributed by atoms with Crippen LogP contribution in [0.5, 0.6) is 0 Å². The first-order chi connectivity index (χ1) is 8.39. The largest absolute Gasteiger partial charge is 0.323 e. The van der Waals surface area contributed by atoms with E-state index >= 15 is 0 Å². The summed E-state index contributed by atoms with van der Waals surface area (Å²) in [5.74, 6) is 3.30. The lowest BCUT2D eigenvalue weighted by Crippen LogP contribution is -2.50. The van der Waals surface area contributed by atoms with Gasteiger partial charge in [0.25, 0.3) is 0 Å². The molecule has 1 aliphatic heterocycles. The number of nitrogens with zero attached hydrogens (tertiary/aromatic N) is 1. The number of carbonyl (C=O) groups excluding carboxylic acids is 1. The molecule has 2 heteroatoms. The molecule has 1 amide bonds. The zero-order chi connectivity index (χ0) is 12.7. The molecule has 100 valence electrons. The Hall–Kier alpha value is -0.530. The SMILES string of the molecule is CC(C)(C)N1C(=O)[C@@H]1C12CC3CC(CC(C3)C1)C2. The fraction of sp³-hybridized carbons (Fsp3) is 0.938. The molecule has 0 unspecified atom stereocenters. The zero-order valence-electron chi connectivity index (χ0n) is 11.9. The van der Waals surface area contributed by atoms with E-state index < -0.39 is 0 Å². The van der Waals surface area contributed by atoms with Crippen molar-refractivity contribution in [2.45, 2.75) is 70.9 Å². The van der Waals surface area contributed by atoms with E-state index in [9.17, 15) is 4.79 Å². The fourth-order valence-corrected chi connectivity index (χ4v) is 5.94. The number of amides is 1. The first kappa shape index (κ1) is 11.3. The molecule has 0 aromatic carbocycles. The molecule has 0 N–H and O–H groups in total. The highest BCUT2D eigenvalue weighted by Gasteiger charge is 2.66. The van der Waals surface area contributed by atoms with Crippen LogP contribution in [0.3, 0.4) is 0 Å². The van der Waals surface area contributed by atoms with E-state index in [2.05, 4.69) is 25.7 Å². The van der Waals surface area contributed by atoms with Crippen LogP contribution in [-0.2, 0) is 4.79 Å². The van der Waals surface area contributed by atoms with Crippen LogP contribution >= 0.6 is 0 Å². The molecular formula is C16H25NO. The van der Waals surface area contributed by atoms with Crippen molar-refractivity contribution in [1.82, 2.24) is 4.90 Å². The molecule has 5 rings (SSSR count). The Morgan fingerprint density at radius 3 is 1.78 bits per heavy atom. The maximum atomic E-state index is 12.3. The van der Waals surface area contributed by atoms with Gasteiger partial charge in [-0.2, -0.15) is 0 Å². The van der Waals surface area contributed by atoms with Gasteiger partial charge in [-0.25, -0.2) is 0 Å². The summed E-state index contributed by atoms with van der Waals surface area (Å²) in [5.41, 5.74) is 0.421. The maximum Gasteiger partial charge on any atom is 0.247 e. The van der Waals surface area contributed by atoms with E-state index in [4.69, 9.17) is 0 Å². The van der Waals surface area contributed by atoms with Gasteiger partial charge in [-0.15, -0.1) is 0 Å². The lowest BCUT2D eigenvalue weighted by atomic mass is 9.48. The molecule has 1 saturated heterocycles. The van der Waals surface area contributed by atoms with Crippen LogP contribution in [-0.4, -0.2) is 22.4 Å². The highest BCUT2D eigenvalue weighted by Crippen LogP contribution is 2.64. The predicted octanol–water partition coefficient (Wildman–Crippen LogP) is 3.21. The van der Waals surface area contributed by atoms with Gasteiger partial charge in [-0.1, -0.05) is 0 Å². The summed E-state index contributed by atoms with van der Waals surface area (Å²) in [6.45, 7) is 6.56. The van der Waals surface area contributed by atoms with Crippen molar-refractivity contribution >= 4 is 5.91 Å². The third-order valence-corrected chi connectivity index (χ3v) is 6.05. The van der Waals surface area contributed by atoms with Crippen LogP contribution in [0.4, 0.5) is 0 Å². The monoisotopic (exact) mass is 247 g/mol. The summed E-state index contributed by atoms with van der Waals surface area (Å²) >= 11 is 0. The first-order valence-electron chi connectivity index (χ1n) is 7.72. The van der Waals surface area contributed by atoms with Crippen LogP contribution in [0, 0.1) is 23.2 Å². The molecule has 4 aliphatic carbocycles. The van der Waals surface area contributed by atoms with Crippen molar-refractivity contribution in [1.29, 1.82) is 0 Å². The van der Waals surface area contributed by atoms with E-state index in [0.29, 0.717) is 11.3 Å². The smallest absolute Gasteiger partial charge is 0.247 e. The molecular weight excluding hydrogens is 222 g/mol. The quantitative estimate of drug-likeness (QED) is 0.651. The second-order valence-corrected chi connectivity index (χ2v) is 8.56. The number of carbonyl (C=O) groups is 1. The van der Waals surface area contributed by atoms with Crippen LogP contribution in [0.15, 0.2) is 0 Å². The normalized spacial score (nSPS) is 49.9. The molecule has 0 radical (unpaired) electrons. The predicted molar refractivity (Wildman–Crippen MR) is 71.0 cm³/mol. The molecule has 0 aromatic heterocycles. The zero-order valence-corrected chi connectivity index (χ0v) is 11.9. The Kier molecular flexibility index (Phi) is 1.97. The third-order valence-electron chi connectivity index (χ3n) is 6.05. The lowest BCUT2D eigenvalue weighted by molar-refractivity contribution is -0.116. The highest BCUT2D eigenvalue weighted by atomic mass is 16.2. The average molecular weight is 247 g/mol. The van der Waals surface area contributed by atoms with E-state index in [1.165, 1.54) is 38.5 Å². The van der Waals surface area contributed by atoms with Gasteiger partial charge in [-0.05, 0) is 77.0 Å². The summed E-state index contributed by atoms with van der Waals surface area (Å²) in [6, 6.07) is 0.283. The minimum absolute atomic E-state index is 0.0328. The van der Waals surface area contributed by atoms with Crippen LogP contribution in [0.25, 0.3) is 0 Å². The highest BCUT2D eigenvalue weighted by molar-refractivity contribution is 5.98. The Bertz CT molecular complexity index is 371. The minimum Gasteiger partial charge on any atom is -0.323 e. The van der Waals surface area contributed by atoms with E-state index in [-0.39, 0.29) is 11.6 Å². The second-order valence-electron chi connectivity index (χ2n) is 8.56. The molecule has 0 aromatic rings. The molecule has 5 fully saturated rings. The van der Waals surface area contributed by atoms with Crippen molar-refractivity contribution in [2.75, 3.05) is 0 Å². The Labute approximate surface area is 110 Å². The second kappa shape index (κ2) is 3.13. The Morgan fingerprint density at radius 1 is 1.00 bits per heavy atom. The van der Waals surface area contributed by atoms with Crippen molar-refractivity contribution in [3.8, 4) is 0 Å². The van der Waals surface area contributed by atoms with Crippen LogP contribution < -0.4 is 0 Å². The average Bonchev–Trinajstić information content (AvgIpc) is 2.88. The van der Waals surface area contributed by atoms with Gasteiger partial charge in [0.15, 0.2) is 0 Å². The van der Waals surface area contributed by atoms with Gasteiger partial charge in [0.2, 0.25) is 5.91 Å². The molecule has 18 heavy (non-hydrogen) atoms. The minimum atomic E-state index is 0.0328. The number of hydrogen-bond donors (Lipinski definition) is 0. The number of hydrogen-bond acceptors (Lipinski definition) is 1. The Morgan fingerprint density at radius 2 is 1.44 bits per heavy atom. The molecule has 4 bridgehead atoms. The Balaban J connectivity index is 1.64. The van der Waals surface area contributed by atoms with E-state index in [1.807, 2.05) is 0 Å². The summed E-state index contributed by atoms with van der Waals surface area (Å²) < 4.78 is 0. The van der Waals surface area contributed by atoms with Crippen LogP contribution in [0.1, 0.15) is 59.3 Å². The molecule has 1 atom stereocenters. The summed E-state index contributed by atoms with van der Waals surface area (Å²) in [7, 11) is 0. The van der Waals surface area contributed by atoms with Gasteiger partial charge in [0.05, 0.1) is 0 Å². The van der Waals surface area contributed by atoms with Gasteiger partial charge in [-0.3, -0.25) is 4.79 Å². The first-order valence-corrected chi connectivity index (χ1v) is 7.72. The van der Waals surface area contributed by atoms with Crippen molar-refractivity contribution < 1.29 is 4.79 Å². The van der Waals surface area contributed by atoms with Crippen LogP contribution in [0.2, 0.25) is 0 Å². The molecule has 5 aliphatic rings. The summed E-state index contributed by atoms with van der Waals surface area (Å²) in [6.07, 6.45) is 8.45. The molecule has 2 nitrogen and oxygen atoms in total. The van der Waals surface area contributed by atoms with E-state index in [0.717, 1.165) is 17.8 Å². The van der Waals surface area contributed by atoms with Gasteiger partial charge in [0.1, 0.15) is 6.04 Å². The standard InChI is InChI=1S/C16H25NO/c1-15(2,3)17-13(14(17)18)16-7-10-4-11(8-16)6-12(5-10)9-16/h10-13H,4-9H2,1-3H3/t10?,11?,12?,13-,16?,17?/m1/s1. The third kappa shape index (κ3) is 1.38. The lowest BCUT2D eigenvalue weighted by Gasteiger charge is -2.56. The van der Waals surface area contributed by atoms with Gasteiger partial charge < -0.3 is 4.90 Å². The van der Waals surface area contributed by atoms with Gasteiger partial charge in [0, 0.05) is 11.0 Å². The van der Waals surface area contributed by atoms with Crippen molar-refractivity contribution in [3.05, 3.63) is 0 Å². The van der Waals surface area contributed by atoms with Crippen molar-refractivity contribution in [3.63, 3.8) is 0 Å². The van der Waals surface area contributed by atoms with Gasteiger partial charge >= 0.3 is 0 Å². The molecule has 0 spiro atoms. The summed E-state index contributed by atoms with van der Waals surface area (Å²) in [4.78, 5) is 14.5. The molecule has 1 heterocycles. The summed E-state index contributed by atoms with van der Waals surface area (Å²) in [5, 5.41) is 0. The molecule has 4 saturated carbocycles. The topological polar surface area (TPSA) is 20.1 Å². The fourth-order valence-electron chi connectivity index (χ4n) is 5.94.